The molecule has 0 aliphatic heterocycles. The molecule has 37 heavy (non-hydrogen) atoms. The van der Waals surface area contributed by atoms with Crippen molar-refractivity contribution in [1.29, 1.82) is 0 Å². The molecule has 3 heteroatoms. The van der Waals surface area contributed by atoms with Gasteiger partial charge in [0, 0.05) is 42.8 Å². The molecule has 0 amide bonds. The number of aryl methyl sites for hydroxylation is 2. The number of rotatable bonds is 9. The molecule has 0 aliphatic rings. The van der Waals surface area contributed by atoms with Gasteiger partial charge in [-0.15, -0.1) is 0 Å². The molecule has 0 N–H and O–H groups in total. The summed E-state index contributed by atoms with van der Waals surface area (Å²) < 4.78 is 0. The van der Waals surface area contributed by atoms with Crippen molar-refractivity contribution in [2.45, 2.75) is 53.9 Å². The lowest BCUT2D eigenvalue weighted by Crippen LogP contribution is -2.31. The predicted molar refractivity (Wildman–Crippen MR) is 161 cm³/mol. The van der Waals surface area contributed by atoms with E-state index in [0.29, 0.717) is 0 Å². The van der Waals surface area contributed by atoms with Gasteiger partial charge in [-0.05, 0) is 75.9 Å². The van der Waals surface area contributed by atoms with E-state index in [0.717, 1.165) is 11.4 Å². The van der Waals surface area contributed by atoms with Crippen LogP contribution >= 0.6 is 0 Å². The van der Waals surface area contributed by atoms with E-state index in [-0.39, 0.29) is 11.3 Å². The summed E-state index contributed by atoms with van der Waals surface area (Å²) in [5, 5.41) is 0. The minimum absolute atomic E-state index is 0.184. The lowest BCUT2D eigenvalue weighted by atomic mass is 9.69. The molecule has 194 valence electrons. The lowest BCUT2D eigenvalue weighted by Gasteiger charge is -2.36. The van der Waals surface area contributed by atoms with Gasteiger partial charge in [0.25, 0.3) is 0 Å². The van der Waals surface area contributed by atoms with Gasteiger partial charge in [0.05, 0.1) is 11.4 Å². The molecule has 2 atom stereocenters. The number of allylic oxidation sites excluding steroid dienone is 6. The molecular weight excluding hydrogens is 450 g/mol. The number of nitrogens with zero attached hydrogens (tertiary/aromatic N) is 3. The summed E-state index contributed by atoms with van der Waals surface area (Å²) in [6.45, 7) is 15.5. The molecule has 0 fully saturated rings. The van der Waals surface area contributed by atoms with Gasteiger partial charge in [0.15, 0.2) is 0 Å². The zero-order valence-corrected chi connectivity index (χ0v) is 24.1. The Hall–Kier alpha value is -3.59. The number of benzene rings is 2. The SMILES string of the molecule is C/C(=C\C=C(/C)N(C)c1cccnc1C)C(C)C(C)(/C=C(\C)N(C)c1ccccc1C)c1ccccc1. The maximum atomic E-state index is 4.45. The summed E-state index contributed by atoms with van der Waals surface area (Å²) >= 11 is 0. The summed E-state index contributed by atoms with van der Waals surface area (Å²) in [5.41, 5.74) is 9.55. The van der Waals surface area contributed by atoms with E-state index in [1.54, 1.807) is 0 Å². The fourth-order valence-corrected chi connectivity index (χ4v) is 4.92. The molecule has 0 radical (unpaired) electrons. The van der Waals surface area contributed by atoms with Crippen molar-refractivity contribution >= 4 is 11.4 Å². The summed E-state index contributed by atoms with van der Waals surface area (Å²) in [4.78, 5) is 8.95. The largest absolute Gasteiger partial charge is 0.349 e. The Morgan fingerprint density at radius 2 is 1.38 bits per heavy atom. The molecule has 2 unspecified atom stereocenters. The van der Waals surface area contributed by atoms with Crippen molar-refractivity contribution in [2.75, 3.05) is 23.9 Å². The van der Waals surface area contributed by atoms with Crippen molar-refractivity contribution in [3.63, 3.8) is 0 Å². The first kappa shape index (κ1) is 28.0. The fourth-order valence-electron chi connectivity index (χ4n) is 4.92. The van der Waals surface area contributed by atoms with E-state index in [1.807, 2.05) is 12.3 Å². The molecule has 3 nitrogen and oxygen atoms in total. The third kappa shape index (κ3) is 6.40. The second kappa shape index (κ2) is 12.1. The van der Waals surface area contributed by atoms with E-state index < -0.39 is 0 Å². The second-order valence-corrected chi connectivity index (χ2v) is 10.4. The zero-order chi connectivity index (χ0) is 27.2. The van der Waals surface area contributed by atoms with Crippen LogP contribution < -0.4 is 9.80 Å². The minimum Gasteiger partial charge on any atom is -0.349 e. The van der Waals surface area contributed by atoms with Gasteiger partial charge in [0.1, 0.15) is 0 Å². The Kier molecular flexibility index (Phi) is 9.15. The standard InChI is InChI=1S/C34H43N3/c1-25(21-22-27(3)36(8)33-20-15-23-35-30(33)6)29(5)34(7,31-17-11-10-12-18-31)24-28(4)37(9)32-19-14-13-16-26(32)2/h10-24,29H,1-9H3/b25-21+,27-22+,28-24+. The molecule has 0 bridgehead atoms. The molecule has 3 aromatic rings. The summed E-state index contributed by atoms with van der Waals surface area (Å²) in [7, 11) is 4.26. The van der Waals surface area contributed by atoms with Gasteiger partial charge < -0.3 is 9.80 Å². The highest BCUT2D eigenvalue weighted by atomic mass is 15.1. The van der Waals surface area contributed by atoms with Crippen molar-refractivity contribution < 1.29 is 0 Å². The molecule has 3 rings (SSSR count). The highest BCUT2D eigenvalue weighted by Crippen LogP contribution is 2.39. The summed E-state index contributed by atoms with van der Waals surface area (Å²) in [5.74, 6) is 0.282. The van der Waals surface area contributed by atoms with Crippen LogP contribution in [0.4, 0.5) is 11.4 Å². The minimum atomic E-state index is -0.184. The molecule has 0 spiro atoms. The number of para-hydroxylation sites is 1. The predicted octanol–water partition coefficient (Wildman–Crippen LogP) is 8.62. The fraction of sp³-hybridized carbons (Fsp3) is 0.324. The van der Waals surface area contributed by atoms with Gasteiger partial charge in [0.2, 0.25) is 0 Å². The van der Waals surface area contributed by atoms with Crippen molar-refractivity contribution in [1.82, 2.24) is 4.98 Å². The Morgan fingerprint density at radius 3 is 2.03 bits per heavy atom. The molecule has 0 saturated carbocycles. The Bertz CT molecular complexity index is 1290. The molecule has 1 heterocycles. The van der Waals surface area contributed by atoms with Crippen LogP contribution in [0.25, 0.3) is 0 Å². The maximum absolute atomic E-state index is 4.45. The average molecular weight is 494 g/mol. The van der Waals surface area contributed by atoms with Crippen molar-refractivity contribution in [2.24, 2.45) is 5.92 Å². The topological polar surface area (TPSA) is 19.4 Å². The van der Waals surface area contributed by atoms with E-state index >= 15 is 0 Å². The monoisotopic (exact) mass is 493 g/mol. The number of hydrogen-bond donors (Lipinski definition) is 0. The molecule has 0 aliphatic carbocycles. The van der Waals surface area contributed by atoms with Crippen molar-refractivity contribution in [3.8, 4) is 0 Å². The van der Waals surface area contributed by atoms with Crippen LogP contribution in [0.3, 0.4) is 0 Å². The average Bonchev–Trinajstić information content (AvgIpc) is 2.91. The quantitative estimate of drug-likeness (QED) is 0.278. The van der Waals surface area contributed by atoms with Crippen molar-refractivity contribution in [3.05, 3.63) is 125 Å². The van der Waals surface area contributed by atoms with Gasteiger partial charge >= 0.3 is 0 Å². The maximum Gasteiger partial charge on any atom is 0.0621 e. The molecular formula is C34H43N3. The van der Waals surface area contributed by atoms with Gasteiger partial charge in [-0.3, -0.25) is 4.98 Å². The number of hydrogen-bond acceptors (Lipinski definition) is 3. The van der Waals surface area contributed by atoms with Gasteiger partial charge in [-0.25, -0.2) is 0 Å². The van der Waals surface area contributed by atoms with E-state index in [1.165, 1.54) is 33.8 Å². The van der Waals surface area contributed by atoms with Crippen LogP contribution in [0, 0.1) is 19.8 Å². The third-order valence-corrected chi connectivity index (χ3v) is 7.95. The smallest absolute Gasteiger partial charge is 0.0621 e. The first-order valence-corrected chi connectivity index (χ1v) is 13.1. The van der Waals surface area contributed by atoms with Crippen LogP contribution in [-0.2, 0) is 5.41 Å². The van der Waals surface area contributed by atoms with E-state index in [2.05, 4.69) is 156 Å². The third-order valence-electron chi connectivity index (χ3n) is 7.95. The van der Waals surface area contributed by atoms with Crippen LogP contribution in [0.15, 0.2) is 108 Å². The van der Waals surface area contributed by atoms with Gasteiger partial charge in [-0.1, -0.05) is 80.1 Å². The summed E-state index contributed by atoms with van der Waals surface area (Å²) in [6.07, 6.45) is 8.78. The Morgan fingerprint density at radius 1 is 0.784 bits per heavy atom. The van der Waals surface area contributed by atoms with Gasteiger partial charge in [-0.2, -0.15) is 0 Å². The number of anilines is 2. The summed E-state index contributed by atoms with van der Waals surface area (Å²) in [6, 6.07) is 23.5. The highest BCUT2D eigenvalue weighted by Gasteiger charge is 2.32. The lowest BCUT2D eigenvalue weighted by molar-refractivity contribution is 0.438. The zero-order valence-electron chi connectivity index (χ0n) is 24.1. The first-order valence-electron chi connectivity index (χ1n) is 13.1. The van der Waals surface area contributed by atoms with Crippen LogP contribution in [0.1, 0.15) is 51.4 Å². The highest BCUT2D eigenvalue weighted by molar-refractivity contribution is 5.57. The Balaban J connectivity index is 1.97. The molecule has 0 saturated heterocycles. The normalized spacial score (nSPS) is 15.2. The first-order chi connectivity index (χ1) is 17.6. The Labute approximate surface area is 224 Å². The van der Waals surface area contributed by atoms with Crippen LogP contribution in [0.5, 0.6) is 0 Å². The van der Waals surface area contributed by atoms with Crippen LogP contribution in [-0.4, -0.2) is 19.1 Å². The number of pyridine rings is 1. The number of aromatic nitrogens is 1. The van der Waals surface area contributed by atoms with E-state index in [4.69, 9.17) is 0 Å². The van der Waals surface area contributed by atoms with E-state index in [9.17, 15) is 0 Å². The molecule has 1 aromatic heterocycles. The molecule has 2 aromatic carbocycles. The second-order valence-electron chi connectivity index (χ2n) is 10.4. The van der Waals surface area contributed by atoms with Crippen LogP contribution in [0.2, 0.25) is 0 Å².